The van der Waals surface area contributed by atoms with E-state index in [0.717, 1.165) is 11.3 Å². The number of rotatable bonds is 7. The van der Waals surface area contributed by atoms with Crippen molar-refractivity contribution >= 4 is 11.6 Å². The number of hydrogen-bond acceptors (Lipinski definition) is 2. The minimum atomic E-state index is 0.124. The van der Waals surface area contributed by atoms with E-state index in [1.165, 1.54) is 11.1 Å². The highest BCUT2D eigenvalue weighted by molar-refractivity contribution is 5.81. The maximum Gasteiger partial charge on any atom is 0.242 e. The van der Waals surface area contributed by atoms with Gasteiger partial charge in [0, 0.05) is 18.8 Å². The van der Waals surface area contributed by atoms with Gasteiger partial charge < -0.3 is 10.2 Å². The van der Waals surface area contributed by atoms with Gasteiger partial charge in [-0.25, -0.2) is 0 Å². The van der Waals surface area contributed by atoms with Crippen molar-refractivity contribution in [1.82, 2.24) is 4.90 Å². The molecule has 3 nitrogen and oxygen atoms in total. The van der Waals surface area contributed by atoms with Gasteiger partial charge in [0.2, 0.25) is 5.91 Å². The second kappa shape index (κ2) is 8.53. The number of nitrogens with zero attached hydrogens (tertiary/aromatic N) is 1. The van der Waals surface area contributed by atoms with E-state index in [4.69, 9.17) is 0 Å². The monoisotopic (exact) mass is 324 g/mol. The number of para-hydroxylation sites is 1. The van der Waals surface area contributed by atoms with Crippen LogP contribution in [0.25, 0.3) is 0 Å². The molecule has 1 N–H and O–H groups in total. The summed E-state index contributed by atoms with van der Waals surface area (Å²) in [6, 6.07) is 16.4. The number of benzene rings is 2. The Hall–Kier alpha value is -2.29. The van der Waals surface area contributed by atoms with Crippen molar-refractivity contribution in [2.75, 3.05) is 18.4 Å². The van der Waals surface area contributed by atoms with E-state index in [1.54, 1.807) is 0 Å². The van der Waals surface area contributed by atoms with Crippen molar-refractivity contribution < 1.29 is 4.79 Å². The molecule has 0 saturated heterocycles. The first-order valence-corrected chi connectivity index (χ1v) is 8.68. The van der Waals surface area contributed by atoms with E-state index in [2.05, 4.69) is 56.4 Å². The van der Waals surface area contributed by atoms with Crippen LogP contribution < -0.4 is 5.32 Å². The molecule has 0 bridgehead atoms. The van der Waals surface area contributed by atoms with Crippen LogP contribution in [-0.2, 0) is 11.3 Å². The van der Waals surface area contributed by atoms with Crippen LogP contribution in [0.3, 0.4) is 0 Å². The average Bonchev–Trinajstić information content (AvgIpc) is 2.58. The molecular formula is C21H28N2O. The molecule has 0 spiro atoms. The zero-order chi connectivity index (χ0) is 17.5. The van der Waals surface area contributed by atoms with Crippen molar-refractivity contribution in [3.8, 4) is 0 Å². The number of amides is 1. The molecule has 0 saturated carbocycles. The van der Waals surface area contributed by atoms with Crippen molar-refractivity contribution in [3.63, 3.8) is 0 Å². The molecule has 0 atom stereocenters. The van der Waals surface area contributed by atoms with Gasteiger partial charge in [-0.2, -0.15) is 0 Å². The highest BCUT2D eigenvalue weighted by Crippen LogP contribution is 2.27. The van der Waals surface area contributed by atoms with Crippen molar-refractivity contribution in [3.05, 3.63) is 65.2 Å². The number of anilines is 1. The van der Waals surface area contributed by atoms with E-state index in [9.17, 15) is 4.79 Å². The van der Waals surface area contributed by atoms with Crippen LogP contribution in [0.15, 0.2) is 48.5 Å². The molecule has 2 rings (SSSR count). The first-order chi connectivity index (χ1) is 11.5. The molecule has 0 heterocycles. The fraction of sp³-hybridized carbons (Fsp3) is 0.381. The summed E-state index contributed by atoms with van der Waals surface area (Å²) in [5, 5.41) is 3.37. The molecule has 0 aromatic heterocycles. The highest BCUT2D eigenvalue weighted by Gasteiger charge is 2.14. The quantitative estimate of drug-likeness (QED) is 0.808. The van der Waals surface area contributed by atoms with E-state index in [1.807, 2.05) is 30.0 Å². The van der Waals surface area contributed by atoms with Crippen LogP contribution >= 0.6 is 0 Å². The Bertz CT molecular complexity index is 665. The molecule has 128 valence electrons. The number of aryl methyl sites for hydroxylation is 1. The third-order valence-electron chi connectivity index (χ3n) is 4.29. The predicted molar refractivity (Wildman–Crippen MR) is 101 cm³/mol. The lowest BCUT2D eigenvalue weighted by molar-refractivity contribution is -0.129. The summed E-state index contributed by atoms with van der Waals surface area (Å²) in [5.74, 6) is 0.549. The normalized spacial score (nSPS) is 10.7. The minimum absolute atomic E-state index is 0.124. The molecule has 2 aromatic carbocycles. The van der Waals surface area contributed by atoms with Crippen LogP contribution in [0.5, 0.6) is 0 Å². The van der Waals surface area contributed by atoms with Crippen LogP contribution in [0.1, 0.15) is 43.4 Å². The number of hydrogen-bond donors (Lipinski definition) is 1. The SMILES string of the molecule is CCN(Cc1ccccc1)C(=O)CNc1c(C)cccc1C(C)C. The van der Waals surface area contributed by atoms with Crippen LogP contribution in [0.2, 0.25) is 0 Å². The average molecular weight is 324 g/mol. The van der Waals surface area contributed by atoms with Crippen molar-refractivity contribution in [1.29, 1.82) is 0 Å². The summed E-state index contributed by atoms with van der Waals surface area (Å²) in [6.45, 7) is 10.1. The summed E-state index contributed by atoms with van der Waals surface area (Å²) >= 11 is 0. The summed E-state index contributed by atoms with van der Waals surface area (Å²) in [6.07, 6.45) is 0. The second-order valence-electron chi connectivity index (χ2n) is 6.44. The lowest BCUT2D eigenvalue weighted by Gasteiger charge is -2.23. The fourth-order valence-electron chi connectivity index (χ4n) is 2.87. The Morgan fingerprint density at radius 1 is 1.08 bits per heavy atom. The number of likely N-dealkylation sites (N-methyl/N-ethyl adjacent to an activating group) is 1. The Morgan fingerprint density at radius 3 is 2.42 bits per heavy atom. The standard InChI is InChI=1S/C21H28N2O/c1-5-23(15-18-11-7-6-8-12-18)20(24)14-22-21-17(4)10-9-13-19(21)16(2)3/h6-13,16,22H,5,14-15H2,1-4H3. The minimum Gasteiger partial charge on any atom is -0.376 e. The summed E-state index contributed by atoms with van der Waals surface area (Å²) in [7, 11) is 0. The molecule has 0 fully saturated rings. The smallest absolute Gasteiger partial charge is 0.242 e. The van der Waals surface area contributed by atoms with Crippen LogP contribution in [-0.4, -0.2) is 23.9 Å². The van der Waals surface area contributed by atoms with Gasteiger partial charge >= 0.3 is 0 Å². The Morgan fingerprint density at radius 2 is 1.79 bits per heavy atom. The number of carbonyl (C=O) groups excluding carboxylic acids is 1. The van der Waals surface area contributed by atoms with Crippen molar-refractivity contribution in [2.45, 2.75) is 40.2 Å². The molecule has 0 aliphatic carbocycles. The lowest BCUT2D eigenvalue weighted by Crippen LogP contribution is -2.35. The molecule has 1 amide bonds. The van der Waals surface area contributed by atoms with E-state index in [-0.39, 0.29) is 5.91 Å². The van der Waals surface area contributed by atoms with Crippen molar-refractivity contribution in [2.24, 2.45) is 0 Å². The molecule has 3 heteroatoms. The highest BCUT2D eigenvalue weighted by atomic mass is 16.2. The first kappa shape index (κ1) is 18.1. The molecular weight excluding hydrogens is 296 g/mol. The van der Waals surface area contributed by atoms with Crippen LogP contribution in [0, 0.1) is 6.92 Å². The molecule has 0 unspecified atom stereocenters. The van der Waals surface area contributed by atoms with Gasteiger partial charge in [-0.05, 0) is 36.5 Å². The van der Waals surface area contributed by atoms with Gasteiger partial charge in [-0.3, -0.25) is 4.79 Å². The van der Waals surface area contributed by atoms with Gasteiger partial charge in [0.15, 0.2) is 0 Å². The number of nitrogens with one attached hydrogen (secondary N) is 1. The Labute approximate surface area is 145 Å². The van der Waals surface area contributed by atoms with Crippen LogP contribution in [0.4, 0.5) is 5.69 Å². The molecule has 0 aliphatic heterocycles. The second-order valence-corrected chi connectivity index (χ2v) is 6.44. The third kappa shape index (κ3) is 4.60. The predicted octanol–water partition coefficient (Wildman–Crippen LogP) is 4.58. The third-order valence-corrected chi connectivity index (χ3v) is 4.29. The van der Waals surface area contributed by atoms with Gasteiger partial charge in [-0.1, -0.05) is 62.4 Å². The maximum absolute atomic E-state index is 12.6. The fourth-order valence-corrected chi connectivity index (χ4v) is 2.87. The zero-order valence-electron chi connectivity index (χ0n) is 15.2. The largest absolute Gasteiger partial charge is 0.376 e. The number of carbonyl (C=O) groups is 1. The van der Waals surface area contributed by atoms with Gasteiger partial charge in [0.05, 0.1) is 6.54 Å². The summed E-state index contributed by atoms with van der Waals surface area (Å²) in [5.41, 5.74) is 4.69. The summed E-state index contributed by atoms with van der Waals surface area (Å²) in [4.78, 5) is 14.5. The summed E-state index contributed by atoms with van der Waals surface area (Å²) < 4.78 is 0. The maximum atomic E-state index is 12.6. The Kier molecular flexibility index (Phi) is 6.42. The molecule has 0 radical (unpaired) electrons. The van der Waals surface area contributed by atoms with Gasteiger partial charge in [-0.15, -0.1) is 0 Å². The van der Waals surface area contributed by atoms with E-state index >= 15 is 0 Å². The topological polar surface area (TPSA) is 32.3 Å². The van der Waals surface area contributed by atoms with Gasteiger partial charge in [0.1, 0.15) is 0 Å². The zero-order valence-corrected chi connectivity index (χ0v) is 15.2. The van der Waals surface area contributed by atoms with E-state index in [0.29, 0.717) is 25.6 Å². The first-order valence-electron chi connectivity index (χ1n) is 8.68. The lowest BCUT2D eigenvalue weighted by atomic mass is 9.98. The molecule has 0 aliphatic rings. The van der Waals surface area contributed by atoms with Gasteiger partial charge in [0.25, 0.3) is 0 Å². The Balaban J connectivity index is 2.04. The molecule has 24 heavy (non-hydrogen) atoms. The van der Waals surface area contributed by atoms with E-state index < -0.39 is 0 Å². The molecule has 2 aromatic rings.